The molecule has 0 unspecified atom stereocenters. The van der Waals surface area contributed by atoms with Gasteiger partial charge in [0.2, 0.25) is 5.13 Å². The molecule has 7 heteroatoms. The summed E-state index contributed by atoms with van der Waals surface area (Å²) >= 11 is 7.02. The van der Waals surface area contributed by atoms with Crippen molar-refractivity contribution in [2.24, 2.45) is 0 Å². The van der Waals surface area contributed by atoms with Crippen molar-refractivity contribution in [3.05, 3.63) is 54.1 Å². The molecule has 29 heavy (non-hydrogen) atoms. The lowest BCUT2D eigenvalue weighted by Crippen LogP contribution is -2.21. The Kier molecular flexibility index (Phi) is 6.36. The fourth-order valence-electron chi connectivity index (χ4n) is 3.45. The van der Waals surface area contributed by atoms with Crippen LogP contribution in [0.1, 0.15) is 37.7 Å². The average molecular weight is 424 g/mol. The van der Waals surface area contributed by atoms with E-state index >= 15 is 0 Å². The Morgan fingerprint density at radius 3 is 2.17 bits per heavy atom. The van der Waals surface area contributed by atoms with Gasteiger partial charge in [-0.15, -0.1) is 10.2 Å². The highest BCUT2D eigenvalue weighted by Crippen LogP contribution is 2.29. The van der Waals surface area contributed by atoms with Gasteiger partial charge in [-0.25, -0.2) is 0 Å². The van der Waals surface area contributed by atoms with Crippen LogP contribution in [0.3, 0.4) is 0 Å². The van der Waals surface area contributed by atoms with Crippen LogP contribution in [0.5, 0.6) is 0 Å². The van der Waals surface area contributed by atoms with Crippen LogP contribution in [0.2, 0.25) is 0 Å². The first-order valence-corrected chi connectivity index (χ1v) is 11.2. The standard InChI is InChI=1S/C22H25N5S2/c1-15-7-11-18(12-8-15)23-21(28)24-19-13-9-16(10-14-19)20-26-27-22(29-20)25-17-5-3-2-4-6-17/h7-14,17H,2-6H2,1H3,(H,25,27)(H2,23,24,28). The Morgan fingerprint density at radius 2 is 1.52 bits per heavy atom. The summed E-state index contributed by atoms with van der Waals surface area (Å²) in [6.07, 6.45) is 6.42. The molecule has 1 aromatic heterocycles. The van der Waals surface area contributed by atoms with Crippen molar-refractivity contribution in [1.29, 1.82) is 0 Å². The zero-order valence-corrected chi connectivity index (χ0v) is 18.1. The third-order valence-electron chi connectivity index (χ3n) is 5.06. The van der Waals surface area contributed by atoms with E-state index in [1.807, 2.05) is 36.4 Å². The van der Waals surface area contributed by atoms with Crippen LogP contribution in [0.4, 0.5) is 16.5 Å². The molecule has 3 aromatic rings. The fourth-order valence-corrected chi connectivity index (χ4v) is 4.51. The van der Waals surface area contributed by atoms with E-state index in [2.05, 4.69) is 45.2 Å². The molecule has 0 saturated heterocycles. The third-order valence-corrected chi connectivity index (χ3v) is 6.16. The van der Waals surface area contributed by atoms with Gasteiger partial charge in [-0.1, -0.05) is 48.3 Å². The SMILES string of the molecule is Cc1ccc(NC(=S)Nc2ccc(-c3nnc(NC4CCCCC4)s3)cc2)cc1. The molecule has 1 aliphatic rings. The largest absolute Gasteiger partial charge is 0.357 e. The molecule has 1 heterocycles. The number of hydrogen-bond donors (Lipinski definition) is 3. The van der Waals surface area contributed by atoms with Gasteiger partial charge >= 0.3 is 0 Å². The lowest BCUT2D eigenvalue weighted by molar-refractivity contribution is 0.462. The Morgan fingerprint density at radius 1 is 0.897 bits per heavy atom. The van der Waals surface area contributed by atoms with Gasteiger partial charge in [-0.3, -0.25) is 0 Å². The summed E-state index contributed by atoms with van der Waals surface area (Å²) in [4.78, 5) is 0. The Hall–Kier alpha value is -2.51. The number of aryl methyl sites for hydroxylation is 1. The van der Waals surface area contributed by atoms with E-state index in [9.17, 15) is 0 Å². The maximum absolute atomic E-state index is 5.41. The van der Waals surface area contributed by atoms with E-state index in [0.29, 0.717) is 11.2 Å². The predicted octanol–water partition coefficient (Wildman–Crippen LogP) is 6.07. The molecule has 3 N–H and O–H groups in total. The molecule has 5 nitrogen and oxygen atoms in total. The number of anilines is 3. The molecule has 0 aliphatic heterocycles. The number of aromatic nitrogens is 2. The summed E-state index contributed by atoms with van der Waals surface area (Å²) in [5, 5.41) is 21.0. The summed E-state index contributed by atoms with van der Waals surface area (Å²) in [5.41, 5.74) is 4.18. The van der Waals surface area contributed by atoms with Gasteiger partial charge in [0.1, 0.15) is 5.01 Å². The van der Waals surface area contributed by atoms with Crippen molar-refractivity contribution >= 4 is 45.2 Å². The Balaban J connectivity index is 1.34. The molecule has 150 valence electrons. The quantitative estimate of drug-likeness (QED) is 0.433. The fraction of sp³-hybridized carbons (Fsp3) is 0.318. The first-order chi connectivity index (χ1) is 14.2. The second-order valence-corrected chi connectivity index (χ2v) is 8.80. The van der Waals surface area contributed by atoms with Gasteiger partial charge in [-0.05, 0) is 68.4 Å². The number of nitrogens with one attached hydrogen (secondary N) is 3. The Labute approximate surface area is 181 Å². The number of hydrogen-bond acceptors (Lipinski definition) is 5. The van der Waals surface area contributed by atoms with Crippen molar-refractivity contribution in [3.63, 3.8) is 0 Å². The minimum Gasteiger partial charge on any atom is -0.357 e. The minimum absolute atomic E-state index is 0.540. The van der Waals surface area contributed by atoms with Crippen molar-refractivity contribution in [3.8, 4) is 10.6 Å². The molecule has 0 bridgehead atoms. The van der Waals surface area contributed by atoms with Gasteiger partial charge < -0.3 is 16.0 Å². The van der Waals surface area contributed by atoms with Crippen LogP contribution >= 0.6 is 23.6 Å². The molecule has 1 aliphatic carbocycles. The zero-order valence-electron chi connectivity index (χ0n) is 16.4. The van der Waals surface area contributed by atoms with E-state index in [4.69, 9.17) is 12.2 Å². The summed E-state index contributed by atoms with van der Waals surface area (Å²) in [5.74, 6) is 0. The topological polar surface area (TPSA) is 61.9 Å². The van der Waals surface area contributed by atoms with Gasteiger partial charge in [-0.2, -0.15) is 0 Å². The summed E-state index contributed by atoms with van der Waals surface area (Å²) in [6.45, 7) is 2.06. The molecule has 0 amide bonds. The monoisotopic (exact) mass is 423 g/mol. The van der Waals surface area contributed by atoms with E-state index in [1.165, 1.54) is 37.7 Å². The maximum Gasteiger partial charge on any atom is 0.206 e. The van der Waals surface area contributed by atoms with Crippen LogP contribution < -0.4 is 16.0 Å². The van der Waals surface area contributed by atoms with Gasteiger partial charge in [0.05, 0.1) is 0 Å². The third kappa shape index (κ3) is 5.52. The highest BCUT2D eigenvalue weighted by atomic mass is 32.1. The van der Waals surface area contributed by atoms with Crippen molar-refractivity contribution in [1.82, 2.24) is 10.2 Å². The summed E-state index contributed by atoms with van der Waals surface area (Å²) < 4.78 is 0. The van der Waals surface area contributed by atoms with Crippen LogP contribution in [-0.2, 0) is 0 Å². The number of nitrogens with zero attached hydrogens (tertiary/aromatic N) is 2. The van der Waals surface area contributed by atoms with E-state index < -0.39 is 0 Å². The number of rotatable bonds is 5. The molecule has 4 rings (SSSR count). The van der Waals surface area contributed by atoms with E-state index in [0.717, 1.165) is 27.1 Å². The number of thiocarbonyl (C=S) groups is 1. The van der Waals surface area contributed by atoms with Crippen LogP contribution in [0.25, 0.3) is 10.6 Å². The van der Waals surface area contributed by atoms with Crippen molar-refractivity contribution < 1.29 is 0 Å². The lowest BCUT2D eigenvalue weighted by Gasteiger charge is -2.21. The van der Waals surface area contributed by atoms with Crippen molar-refractivity contribution in [2.45, 2.75) is 45.1 Å². The molecular weight excluding hydrogens is 398 g/mol. The average Bonchev–Trinajstić information content (AvgIpc) is 3.19. The predicted molar refractivity (Wildman–Crippen MR) is 127 cm³/mol. The number of benzene rings is 2. The van der Waals surface area contributed by atoms with Crippen LogP contribution in [-0.4, -0.2) is 21.4 Å². The van der Waals surface area contributed by atoms with Crippen molar-refractivity contribution in [2.75, 3.05) is 16.0 Å². The molecule has 0 atom stereocenters. The van der Waals surface area contributed by atoms with Gasteiger partial charge in [0.25, 0.3) is 0 Å². The lowest BCUT2D eigenvalue weighted by atomic mass is 9.96. The molecule has 1 saturated carbocycles. The summed E-state index contributed by atoms with van der Waals surface area (Å²) in [6, 6.07) is 16.8. The second-order valence-electron chi connectivity index (χ2n) is 7.41. The van der Waals surface area contributed by atoms with Crippen LogP contribution in [0, 0.1) is 6.92 Å². The highest BCUT2D eigenvalue weighted by molar-refractivity contribution is 7.80. The molecule has 2 aromatic carbocycles. The Bertz CT molecular complexity index is 944. The smallest absolute Gasteiger partial charge is 0.206 e. The zero-order chi connectivity index (χ0) is 20.1. The van der Waals surface area contributed by atoms with E-state index in [-0.39, 0.29) is 0 Å². The first-order valence-electron chi connectivity index (χ1n) is 10.0. The van der Waals surface area contributed by atoms with Gasteiger partial charge in [0, 0.05) is 23.0 Å². The summed E-state index contributed by atoms with van der Waals surface area (Å²) in [7, 11) is 0. The first kappa shape index (κ1) is 19.8. The maximum atomic E-state index is 5.41. The highest BCUT2D eigenvalue weighted by Gasteiger charge is 2.15. The normalized spacial score (nSPS) is 14.4. The molecule has 1 fully saturated rings. The second kappa shape index (κ2) is 9.33. The molecular formula is C22H25N5S2. The minimum atomic E-state index is 0.540. The van der Waals surface area contributed by atoms with Gasteiger partial charge in [0.15, 0.2) is 5.11 Å². The van der Waals surface area contributed by atoms with E-state index in [1.54, 1.807) is 11.3 Å². The molecule has 0 spiro atoms. The van der Waals surface area contributed by atoms with Crippen LogP contribution in [0.15, 0.2) is 48.5 Å². The molecule has 0 radical (unpaired) electrons.